The predicted octanol–water partition coefficient (Wildman–Crippen LogP) is 27.6. The van der Waals surface area contributed by atoms with Crippen molar-refractivity contribution in [2.45, 2.75) is 0 Å². The fourth-order valence-corrected chi connectivity index (χ4v) is 17.0. The lowest BCUT2D eigenvalue weighted by Crippen LogP contribution is -2.02. The monoisotopic (exact) mass is 1680 g/mol. The van der Waals surface area contributed by atoms with Crippen molar-refractivity contribution >= 4 is 84.2 Å². The number of hydrogen-bond acceptors (Lipinski definition) is 5. The molecule has 0 aromatic heterocycles. The Morgan fingerprint density at radius 3 is 0.379 bits per heavy atom. The molecular formula is C127H76O5. The molecule has 0 saturated heterocycles. The zero-order chi connectivity index (χ0) is 88.9. The van der Waals surface area contributed by atoms with Crippen LogP contribution in [0, 0.1) is 59.2 Å². The van der Waals surface area contributed by atoms with Crippen molar-refractivity contribution in [1.82, 2.24) is 0 Å². The minimum Gasteiger partial charge on any atom is -0.457 e. The van der Waals surface area contributed by atoms with Crippen molar-refractivity contribution in [2.75, 3.05) is 0 Å². The van der Waals surface area contributed by atoms with Gasteiger partial charge in [-0.1, -0.05) is 350 Å². The van der Waals surface area contributed by atoms with Crippen molar-refractivity contribution in [3.63, 3.8) is 0 Å². The van der Waals surface area contributed by atoms with Crippen LogP contribution in [-0.4, -0.2) is 17.3 Å². The molecule has 132 heavy (non-hydrogen) atoms. The van der Waals surface area contributed by atoms with E-state index in [2.05, 4.69) is 83.5 Å². The molecule has 17 aromatic rings. The van der Waals surface area contributed by atoms with Crippen molar-refractivity contribution in [3.05, 3.63) is 583 Å². The Morgan fingerprint density at radius 2 is 0.227 bits per heavy atom. The molecule has 3 aliphatic carbocycles. The summed E-state index contributed by atoms with van der Waals surface area (Å²) in [6.07, 6.45) is 0. The van der Waals surface area contributed by atoms with E-state index in [4.69, 9.17) is 9.47 Å². The van der Waals surface area contributed by atoms with E-state index in [-0.39, 0.29) is 17.3 Å². The molecule has 5 heteroatoms. The first-order chi connectivity index (χ1) is 65.2. The van der Waals surface area contributed by atoms with Gasteiger partial charge in [-0.3, -0.25) is 14.4 Å². The van der Waals surface area contributed by atoms with Crippen LogP contribution in [-0.2, 0) is 14.4 Å². The fourth-order valence-electron chi connectivity index (χ4n) is 17.0. The van der Waals surface area contributed by atoms with E-state index in [1.165, 1.54) is 0 Å². The molecule has 0 saturated carbocycles. The van der Waals surface area contributed by atoms with Crippen molar-refractivity contribution in [1.29, 1.82) is 0 Å². The lowest BCUT2D eigenvalue weighted by atomic mass is 9.88. The normalized spacial score (nSPS) is 12.7. The molecule has 0 atom stereocenters. The van der Waals surface area contributed by atoms with Gasteiger partial charge >= 0.3 is 0 Å². The summed E-state index contributed by atoms with van der Waals surface area (Å²) >= 11 is 0. The Morgan fingerprint density at radius 1 is 0.114 bits per heavy atom. The zero-order valence-electron chi connectivity index (χ0n) is 71.4. The number of rotatable bonds is 16. The molecule has 5 nitrogen and oxygen atoms in total. The average Bonchev–Trinajstić information content (AvgIpc) is 1.59. The lowest BCUT2D eigenvalue weighted by Gasteiger charge is -2.16. The molecule has 0 bridgehead atoms. The number of ketones is 3. The Labute approximate surface area is 768 Å². The fraction of sp³-hybridized carbons (Fsp3) is 0. The first-order valence-electron chi connectivity index (χ1n) is 43.6. The Bertz CT molecular complexity index is 7850. The molecule has 0 spiro atoms. The van der Waals surface area contributed by atoms with Gasteiger partial charge in [0, 0.05) is 123 Å². The van der Waals surface area contributed by atoms with E-state index in [1.807, 2.05) is 437 Å². The first kappa shape index (κ1) is 81.9. The van der Waals surface area contributed by atoms with Crippen molar-refractivity contribution in [3.8, 4) is 82.2 Å². The number of Topliss-reactive ketones (excluding diaryl/α,β-unsaturated/α-hetero) is 3. The minimum absolute atomic E-state index is 0.0940. The summed E-state index contributed by atoms with van der Waals surface area (Å²) in [5, 5.41) is 0. The highest BCUT2D eigenvalue weighted by Gasteiger charge is 2.39. The number of hydrogen-bond donors (Lipinski definition) is 0. The van der Waals surface area contributed by atoms with Crippen LogP contribution >= 0.6 is 0 Å². The van der Waals surface area contributed by atoms with Gasteiger partial charge in [0.2, 0.25) is 0 Å². The number of allylic oxidation sites excluding steroid dienone is 12. The molecule has 614 valence electrons. The van der Waals surface area contributed by atoms with Crippen molar-refractivity contribution in [2.24, 2.45) is 0 Å². The summed E-state index contributed by atoms with van der Waals surface area (Å²) < 4.78 is 13.6. The highest BCUT2D eigenvalue weighted by molar-refractivity contribution is 6.61. The van der Waals surface area contributed by atoms with Crippen LogP contribution in [0.3, 0.4) is 0 Å². The Balaban J connectivity index is 0.637. The number of carbonyl (C=O) groups excluding carboxylic acids is 3. The van der Waals surface area contributed by atoms with E-state index >= 15 is 14.4 Å². The maximum Gasteiger partial charge on any atom is 0.195 e. The van der Waals surface area contributed by atoms with Crippen LogP contribution in [0.15, 0.2) is 461 Å². The van der Waals surface area contributed by atoms with Crippen LogP contribution in [0.5, 0.6) is 23.0 Å². The molecule has 0 N–H and O–H groups in total. The van der Waals surface area contributed by atoms with Gasteiger partial charge in [-0.2, -0.15) is 0 Å². The van der Waals surface area contributed by atoms with Crippen LogP contribution in [0.4, 0.5) is 0 Å². The van der Waals surface area contributed by atoms with Gasteiger partial charge < -0.3 is 9.47 Å². The SMILES string of the molecule is O=C1C(c2ccc(C#Cc3ccccc3)cc2)=C(c2ccc(C#Cc3ccccc3)cc2)C(c2ccc(Oc3ccc(C4=C(c5ccccc5)C(=O)C(c5ccc(C#Cc6ccccc6)cc5)=C4c4ccc(Oc5ccc(C6=C(c7ccc(C#Cc8ccccc8)cc7)C(=O)C(c7ccccc7)=C6c6ccc(C#Cc7ccccc7)cc6)cc5)cc4)cc3)cc2)=C1c1ccccc1. The molecule has 0 radical (unpaired) electrons. The first-order valence-corrected chi connectivity index (χ1v) is 43.6. The molecular weight excluding hydrogens is 1610 g/mol. The summed E-state index contributed by atoms with van der Waals surface area (Å²) in [6, 6.07) is 151. The van der Waals surface area contributed by atoms with E-state index in [1.54, 1.807) is 0 Å². The van der Waals surface area contributed by atoms with Gasteiger partial charge in [0.1, 0.15) is 23.0 Å². The van der Waals surface area contributed by atoms with Crippen LogP contribution in [0.25, 0.3) is 66.9 Å². The van der Waals surface area contributed by atoms with Gasteiger partial charge in [-0.15, -0.1) is 0 Å². The standard InChI is InChI=1S/C127H76O5/c128-125-119(97-35-19-6-20-36-97)113(100-61-51-92(52-62-100)46-41-87-25-9-1-10-26-87)117(123(125)107-67-57-95(58-68-107)49-44-90-31-15-4-16-32-90)104-75-83-111(84-76-104)132-112-85-77-105(78-86-112)118-116(121(99-39-23-8-24-40-99)127(130)124(118)108-69-59-96(60-70-108)50-45-91-33-17-5-18-34-91)103-73-81-110(82-74-103)131-109-79-71-102(72-80-109)115-114(101-63-53-93(54-64-101)47-42-88-27-11-2-12-28-88)122(126(129)120(115)98-37-21-7-22-38-98)106-65-55-94(56-66-106)48-43-89-29-13-3-14-30-89/h1-40,51-86H. The minimum atomic E-state index is -0.131. The van der Waals surface area contributed by atoms with E-state index < -0.39 is 0 Å². The third kappa shape index (κ3) is 17.8. The third-order valence-electron chi connectivity index (χ3n) is 23.3. The number of carbonyl (C=O) groups is 3. The van der Waals surface area contributed by atoms with Crippen LogP contribution in [0.2, 0.25) is 0 Å². The molecule has 0 unspecified atom stereocenters. The van der Waals surface area contributed by atoms with E-state index in [9.17, 15) is 0 Å². The molecule has 3 aliphatic rings. The maximum atomic E-state index is 16.0. The number of benzene rings is 17. The molecule has 0 amide bonds. The summed E-state index contributed by atoms with van der Waals surface area (Å²) in [6.45, 7) is 0. The number of ether oxygens (including phenoxy) is 2. The molecule has 20 rings (SSSR count). The summed E-state index contributed by atoms with van der Waals surface area (Å²) in [4.78, 5) is 47.4. The Kier molecular flexibility index (Phi) is 23.5. The summed E-state index contributed by atoms with van der Waals surface area (Å²) in [5.41, 5.74) is 26.3. The molecule has 0 heterocycles. The molecule has 17 aromatic carbocycles. The Hall–Kier alpha value is -18.4. The largest absolute Gasteiger partial charge is 0.457 e. The highest BCUT2D eigenvalue weighted by atomic mass is 16.5. The van der Waals surface area contributed by atoms with E-state index in [0.717, 1.165) is 156 Å². The van der Waals surface area contributed by atoms with Gasteiger partial charge in [0.05, 0.1) is 0 Å². The average molecular weight is 1680 g/mol. The lowest BCUT2D eigenvalue weighted by molar-refractivity contribution is -0.109. The smallest absolute Gasteiger partial charge is 0.195 e. The summed E-state index contributed by atoms with van der Waals surface area (Å²) in [7, 11) is 0. The van der Waals surface area contributed by atoms with Crippen LogP contribution in [0.1, 0.15) is 122 Å². The maximum absolute atomic E-state index is 16.0. The van der Waals surface area contributed by atoms with Crippen molar-refractivity contribution < 1.29 is 23.9 Å². The van der Waals surface area contributed by atoms with E-state index in [0.29, 0.717) is 56.4 Å². The van der Waals surface area contributed by atoms with Crippen LogP contribution < -0.4 is 9.47 Å². The topological polar surface area (TPSA) is 69.7 Å². The zero-order valence-corrected chi connectivity index (χ0v) is 71.4. The second-order valence-corrected chi connectivity index (χ2v) is 31.9. The van der Waals surface area contributed by atoms with Gasteiger partial charge in [-0.05, 0) is 237 Å². The second kappa shape index (κ2) is 37.8. The third-order valence-corrected chi connectivity index (χ3v) is 23.3. The van der Waals surface area contributed by atoms with Gasteiger partial charge in [-0.25, -0.2) is 0 Å². The quantitative estimate of drug-likeness (QED) is 0.0902. The summed E-state index contributed by atoms with van der Waals surface area (Å²) in [5.74, 6) is 35.1. The van der Waals surface area contributed by atoms with Gasteiger partial charge in [0.15, 0.2) is 17.3 Å². The van der Waals surface area contributed by atoms with Gasteiger partial charge in [0.25, 0.3) is 0 Å². The highest BCUT2D eigenvalue weighted by Crippen LogP contribution is 2.54. The second-order valence-electron chi connectivity index (χ2n) is 31.9. The molecule has 0 aliphatic heterocycles. The molecule has 0 fully saturated rings. The predicted molar refractivity (Wildman–Crippen MR) is 535 cm³/mol.